The van der Waals surface area contributed by atoms with Crippen LogP contribution >= 0.6 is 0 Å². The number of aryl methyl sites for hydroxylation is 1. The topological polar surface area (TPSA) is 56.7 Å². The summed E-state index contributed by atoms with van der Waals surface area (Å²) in [7, 11) is 0. The number of hydrogen-bond acceptors (Lipinski definition) is 3. The van der Waals surface area contributed by atoms with Gasteiger partial charge in [0.1, 0.15) is 0 Å². The molecule has 17 heavy (non-hydrogen) atoms. The minimum absolute atomic E-state index is 0.729. The van der Waals surface area contributed by atoms with Crippen LogP contribution in [0.15, 0.2) is 43.1 Å². The molecule has 2 aromatic rings. The summed E-state index contributed by atoms with van der Waals surface area (Å²) in [5.41, 5.74) is 8.62. The van der Waals surface area contributed by atoms with Crippen molar-refractivity contribution in [2.75, 3.05) is 5.73 Å². The standard InChI is InChI=1S/C13H16N4/c1-2-3-4-7-17-10-16-9-13(17)11-8-15-6-5-12(11)14/h2-3,5-6,8-10H,4,7H2,1H3,(H2,14,15)/b3-2+. The minimum atomic E-state index is 0.729. The van der Waals surface area contributed by atoms with Gasteiger partial charge in [-0.05, 0) is 19.4 Å². The first-order valence-corrected chi connectivity index (χ1v) is 5.64. The number of nitrogen functional groups attached to an aromatic ring is 1. The number of imidazole rings is 1. The van der Waals surface area contributed by atoms with Gasteiger partial charge in [-0.15, -0.1) is 0 Å². The molecule has 0 fully saturated rings. The Kier molecular flexibility index (Phi) is 3.55. The molecule has 0 bridgehead atoms. The molecule has 0 spiro atoms. The molecule has 88 valence electrons. The van der Waals surface area contributed by atoms with Gasteiger partial charge in [0.05, 0.1) is 18.2 Å². The maximum Gasteiger partial charge on any atom is 0.0951 e. The van der Waals surface area contributed by atoms with Crippen LogP contribution in [0.1, 0.15) is 13.3 Å². The van der Waals surface area contributed by atoms with E-state index in [9.17, 15) is 0 Å². The van der Waals surface area contributed by atoms with Crippen molar-refractivity contribution in [1.29, 1.82) is 0 Å². The van der Waals surface area contributed by atoms with Gasteiger partial charge in [-0.3, -0.25) is 4.98 Å². The maximum atomic E-state index is 5.94. The van der Waals surface area contributed by atoms with Crippen molar-refractivity contribution in [1.82, 2.24) is 14.5 Å². The van der Waals surface area contributed by atoms with Gasteiger partial charge in [0.25, 0.3) is 0 Å². The molecule has 0 aliphatic heterocycles. The quantitative estimate of drug-likeness (QED) is 0.818. The van der Waals surface area contributed by atoms with Crippen LogP contribution in [0, 0.1) is 0 Å². The lowest BCUT2D eigenvalue weighted by molar-refractivity contribution is 0.715. The average molecular weight is 228 g/mol. The van der Waals surface area contributed by atoms with Crippen molar-refractivity contribution >= 4 is 5.69 Å². The molecule has 0 aliphatic rings. The van der Waals surface area contributed by atoms with Crippen molar-refractivity contribution in [2.24, 2.45) is 0 Å². The number of nitrogens with two attached hydrogens (primary N) is 1. The molecule has 4 heteroatoms. The predicted octanol–water partition coefficient (Wildman–Crippen LogP) is 2.49. The lowest BCUT2D eigenvalue weighted by Gasteiger charge is -2.08. The first kappa shape index (κ1) is 11.4. The van der Waals surface area contributed by atoms with E-state index in [0.717, 1.165) is 29.9 Å². The SMILES string of the molecule is C/C=C/CCn1cncc1-c1cnccc1N. The third-order valence-electron chi connectivity index (χ3n) is 2.62. The first-order valence-electron chi connectivity index (χ1n) is 5.64. The second-order valence-corrected chi connectivity index (χ2v) is 3.79. The van der Waals surface area contributed by atoms with E-state index in [1.54, 1.807) is 18.5 Å². The molecule has 0 saturated carbocycles. The zero-order valence-corrected chi connectivity index (χ0v) is 9.87. The van der Waals surface area contributed by atoms with Crippen LogP contribution in [0.3, 0.4) is 0 Å². The lowest BCUT2D eigenvalue weighted by Crippen LogP contribution is -2.00. The Bertz CT molecular complexity index is 514. The second kappa shape index (κ2) is 5.30. The average Bonchev–Trinajstić information content (AvgIpc) is 2.78. The molecule has 2 aromatic heterocycles. The minimum Gasteiger partial charge on any atom is -0.398 e. The number of aromatic nitrogens is 3. The summed E-state index contributed by atoms with van der Waals surface area (Å²) in [6.45, 7) is 2.92. The van der Waals surface area contributed by atoms with Gasteiger partial charge >= 0.3 is 0 Å². The van der Waals surface area contributed by atoms with Gasteiger partial charge in [0.15, 0.2) is 0 Å². The van der Waals surface area contributed by atoms with Gasteiger partial charge < -0.3 is 10.3 Å². The normalized spacial score (nSPS) is 11.1. The van der Waals surface area contributed by atoms with Gasteiger partial charge in [-0.2, -0.15) is 0 Å². The Balaban J connectivity index is 2.27. The predicted molar refractivity (Wildman–Crippen MR) is 69.3 cm³/mol. The summed E-state index contributed by atoms with van der Waals surface area (Å²) >= 11 is 0. The lowest BCUT2D eigenvalue weighted by atomic mass is 10.2. The molecule has 0 amide bonds. The molecule has 2 rings (SSSR count). The van der Waals surface area contributed by atoms with E-state index < -0.39 is 0 Å². The van der Waals surface area contributed by atoms with Crippen molar-refractivity contribution in [3.8, 4) is 11.3 Å². The highest BCUT2D eigenvalue weighted by molar-refractivity contribution is 5.72. The molecule has 0 aliphatic carbocycles. The fourth-order valence-electron chi connectivity index (χ4n) is 1.72. The zero-order chi connectivity index (χ0) is 12.1. The molecule has 2 N–H and O–H groups in total. The monoisotopic (exact) mass is 228 g/mol. The highest BCUT2D eigenvalue weighted by Gasteiger charge is 2.07. The molecule has 0 atom stereocenters. The van der Waals surface area contributed by atoms with Crippen molar-refractivity contribution in [3.63, 3.8) is 0 Å². The largest absolute Gasteiger partial charge is 0.398 e. The summed E-state index contributed by atoms with van der Waals surface area (Å²) in [6, 6.07) is 1.80. The van der Waals surface area contributed by atoms with E-state index in [2.05, 4.69) is 26.7 Å². The van der Waals surface area contributed by atoms with Crippen molar-refractivity contribution in [3.05, 3.63) is 43.1 Å². The van der Waals surface area contributed by atoms with Crippen LogP contribution in [0.25, 0.3) is 11.3 Å². The number of hydrogen-bond donors (Lipinski definition) is 1. The first-order chi connectivity index (χ1) is 8.33. The van der Waals surface area contributed by atoms with E-state index in [0.29, 0.717) is 0 Å². The highest BCUT2D eigenvalue weighted by Crippen LogP contribution is 2.24. The van der Waals surface area contributed by atoms with Crippen LogP contribution in [0.2, 0.25) is 0 Å². The fourth-order valence-corrected chi connectivity index (χ4v) is 1.72. The number of nitrogens with zero attached hydrogens (tertiary/aromatic N) is 3. The number of pyridine rings is 1. The third-order valence-corrected chi connectivity index (χ3v) is 2.62. The highest BCUT2D eigenvalue weighted by atomic mass is 15.0. The molecular weight excluding hydrogens is 212 g/mol. The van der Waals surface area contributed by atoms with Crippen LogP contribution in [0.4, 0.5) is 5.69 Å². The molecule has 0 unspecified atom stereocenters. The van der Waals surface area contributed by atoms with Crippen LogP contribution in [-0.4, -0.2) is 14.5 Å². The molecule has 4 nitrogen and oxygen atoms in total. The summed E-state index contributed by atoms with van der Waals surface area (Å²) in [6.07, 6.45) is 12.3. The summed E-state index contributed by atoms with van der Waals surface area (Å²) < 4.78 is 2.09. The maximum absolute atomic E-state index is 5.94. The van der Waals surface area contributed by atoms with Gasteiger partial charge in [-0.1, -0.05) is 12.2 Å². The fraction of sp³-hybridized carbons (Fsp3) is 0.231. The number of rotatable bonds is 4. The van der Waals surface area contributed by atoms with Gasteiger partial charge in [-0.25, -0.2) is 4.98 Å². The Hall–Kier alpha value is -2.10. The molecule has 0 radical (unpaired) electrons. The molecule has 0 aromatic carbocycles. The van der Waals surface area contributed by atoms with Crippen LogP contribution in [0.5, 0.6) is 0 Å². The molecular formula is C13H16N4. The zero-order valence-electron chi connectivity index (χ0n) is 9.87. The Morgan fingerprint density at radius 2 is 2.24 bits per heavy atom. The molecule has 0 saturated heterocycles. The van der Waals surface area contributed by atoms with Crippen molar-refractivity contribution in [2.45, 2.75) is 19.9 Å². The van der Waals surface area contributed by atoms with Crippen LogP contribution < -0.4 is 5.73 Å². The second-order valence-electron chi connectivity index (χ2n) is 3.79. The Morgan fingerprint density at radius 3 is 3.00 bits per heavy atom. The Morgan fingerprint density at radius 1 is 1.35 bits per heavy atom. The number of allylic oxidation sites excluding steroid dienone is 2. The van der Waals surface area contributed by atoms with E-state index >= 15 is 0 Å². The summed E-state index contributed by atoms with van der Waals surface area (Å²) in [4.78, 5) is 8.28. The van der Waals surface area contributed by atoms with Gasteiger partial charge in [0.2, 0.25) is 0 Å². The smallest absolute Gasteiger partial charge is 0.0951 e. The van der Waals surface area contributed by atoms with E-state index in [1.807, 2.05) is 19.4 Å². The number of anilines is 1. The van der Waals surface area contributed by atoms with E-state index in [-0.39, 0.29) is 0 Å². The van der Waals surface area contributed by atoms with E-state index in [1.165, 1.54) is 0 Å². The van der Waals surface area contributed by atoms with Gasteiger partial charge in [0, 0.05) is 30.2 Å². The van der Waals surface area contributed by atoms with E-state index in [4.69, 9.17) is 5.73 Å². The summed E-state index contributed by atoms with van der Waals surface area (Å²) in [5.74, 6) is 0. The third kappa shape index (κ3) is 2.53. The van der Waals surface area contributed by atoms with Crippen molar-refractivity contribution < 1.29 is 0 Å². The summed E-state index contributed by atoms with van der Waals surface area (Å²) in [5, 5.41) is 0. The molecule has 2 heterocycles. The van der Waals surface area contributed by atoms with Crippen LogP contribution in [-0.2, 0) is 6.54 Å². The Labute approximate surface area is 101 Å².